The number of hydrogen-bond donors (Lipinski definition) is 2. The predicted octanol–water partition coefficient (Wildman–Crippen LogP) is 8.50. The van der Waals surface area contributed by atoms with Crippen LogP contribution in [-0.4, -0.2) is 45.4 Å². The van der Waals surface area contributed by atoms with Gasteiger partial charge in [-0.25, -0.2) is 0 Å². The average Bonchev–Trinajstić information content (AvgIpc) is 3.47. The zero-order valence-electron chi connectivity index (χ0n) is 31.6. The number of benzene rings is 3. The topological polar surface area (TPSA) is 93.1 Å². The second-order valence-corrected chi connectivity index (χ2v) is 17.4. The Morgan fingerprint density at radius 3 is 1.94 bits per heavy atom. The van der Waals surface area contributed by atoms with Crippen LogP contribution < -0.4 is 0 Å². The monoisotopic (exact) mass is 714 g/mol. The van der Waals surface area contributed by atoms with Crippen LogP contribution in [0.5, 0.6) is 0 Å². The molecule has 3 fully saturated rings. The number of ketones is 1. The molecule has 0 radical (unpaired) electrons. The van der Waals surface area contributed by atoms with Gasteiger partial charge in [-0.05, 0) is 59.4 Å². The lowest BCUT2D eigenvalue weighted by atomic mass is 9.60. The highest BCUT2D eigenvalue weighted by molar-refractivity contribution is 6.04. The quantitative estimate of drug-likeness (QED) is 0.124. The lowest BCUT2D eigenvalue weighted by Gasteiger charge is -2.50. The van der Waals surface area contributed by atoms with Gasteiger partial charge >= 0.3 is 5.97 Å². The fraction of sp³-hybridized carbons (Fsp3) is 0.489. The minimum Gasteiger partial charge on any atom is -0.458 e. The summed E-state index contributed by atoms with van der Waals surface area (Å²) in [5.41, 5.74) is -1.39. The summed E-state index contributed by atoms with van der Waals surface area (Å²) in [5, 5.41) is 25.7. The van der Waals surface area contributed by atoms with Gasteiger partial charge in [-0.3, -0.25) is 9.59 Å². The van der Waals surface area contributed by atoms with Crippen LogP contribution in [0.25, 0.3) is 0 Å². The van der Waals surface area contributed by atoms with E-state index in [2.05, 4.69) is 56.3 Å². The lowest BCUT2D eigenvalue weighted by Crippen LogP contribution is -2.61. The van der Waals surface area contributed by atoms with Gasteiger partial charge in [0.2, 0.25) is 0 Å². The summed E-state index contributed by atoms with van der Waals surface area (Å²) in [4.78, 5) is 27.6. The third-order valence-corrected chi connectivity index (χ3v) is 14.2. The van der Waals surface area contributed by atoms with Crippen LogP contribution in [0, 0.1) is 35.0 Å². The second-order valence-electron chi connectivity index (χ2n) is 17.4. The van der Waals surface area contributed by atoms with Crippen molar-refractivity contribution in [1.82, 2.24) is 0 Å². The Hall–Kier alpha value is -3.84. The minimum atomic E-state index is -1.83. The van der Waals surface area contributed by atoms with E-state index in [4.69, 9.17) is 9.47 Å². The Labute approximate surface area is 314 Å². The lowest BCUT2D eigenvalue weighted by molar-refractivity contribution is -0.187. The van der Waals surface area contributed by atoms with Gasteiger partial charge in [-0.15, -0.1) is 0 Å². The number of esters is 1. The minimum absolute atomic E-state index is 0.0334. The highest BCUT2D eigenvalue weighted by atomic mass is 16.6. The highest BCUT2D eigenvalue weighted by Gasteiger charge is 2.83. The number of Topliss-reactive ketones (excluding diaryl/α,β-unsaturated/α-hetero) is 1. The first-order valence-electron chi connectivity index (χ1n) is 19.8. The Kier molecular flexibility index (Phi) is 8.99. The first-order chi connectivity index (χ1) is 25.4. The Morgan fingerprint density at radius 2 is 1.40 bits per heavy atom. The van der Waals surface area contributed by atoms with Gasteiger partial charge in [0.1, 0.15) is 16.8 Å². The average molecular weight is 715 g/mol. The van der Waals surface area contributed by atoms with E-state index in [-0.39, 0.29) is 36.6 Å². The molecule has 3 aromatic carbocycles. The third kappa shape index (κ3) is 5.54. The molecule has 53 heavy (non-hydrogen) atoms. The number of hydrogen-bond acceptors (Lipinski definition) is 6. The van der Waals surface area contributed by atoms with Crippen LogP contribution in [-0.2, 0) is 24.7 Å². The molecule has 0 bridgehead atoms. The molecule has 0 aliphatic heterocycles. The standard InChI is InChI=1S/C47H54O6/c1-31-26-39-44(50,42(31)49)29-34(30-52-47(35-18-8-5-9-19-35,36-20-10-6-11-21-36)37-22-12-7-13-23-37)27-38-41-43(3,4)45(41,28-32(2)46(38,39)51)53-40(48)25-24-33-16-14-15-17-33/h5-13,18-23,26-27,32-33,38-39,41,50-51H,14-17,24-25,28-30H2,1-4H3/t32-,38+,39-,41-,44-,45+,46-/m1/s1. The molecule has 278 valence electrons. The van der Waals surface area contributed by atoms with Crippen molar-refractivity contribution >= 4 is 11.8 Å². The summed E-state index contributed by atoms with van der Waals surface area (Å²) >= 11 is 0. The van der Waals surface area contributed by atoms with E-state index >= 15 is 0 Å². The van der Waals surface area contributed by atoms with E-state index in [0.29, 0.717) is 24.3 Å². The number of fused-ring (bicyclic) bond motifs is 5. The van der Waals surface area contributed by atoms with Gasteiger partial charge in [-0.2, -0.15) is 0 Å². The maximum absolute atomic E-state index is 14.0. The number of rotatable bonds is 10. The van der Waals surface area contributed by atoms with Gasteiger partial charge in [0.05, 0.1) is 12.2 Å². The number of carbonyl (C=O) groups excluding carboxylic acids is 2. The summed E-state index contributed by atoms with van der Waals surface area (Å²) in [7, 11) is 0. The highest BCUT2D eigenvalue weighted by Crippen LogP contribution is 2.76. The van der Waals surface area contributed by atoms with E-state index in [1.807, 2.05) is 67.6 Å². The molecule has 0 spiro atoms. The molecular formula is C47H54O6. The SMILES string of the molecule is CC1=C[C@H]2[C@@]3(O)[C@H](C)C[C@]4(OC(=O)CCC5CCCC5)[C@H]([C@@H]3C=C(COC(c3ccccc3)(c3ccccc3)c3ccccc3)C[C@]2(O)C1=O)C4(C)C. The molecule has 2 N–H and O–H groups in total. The molecule has 0 saturated heterocycles. The van der Waals surface area contributed by atoms with Crippen LogP contribution in [0.15, 0.2) is 114 Å². The van der Waals surface area contributed by atoms with E-state index in [1.54, 1.807) is 6.92 Å². The summed E-state index contributed by atoms with van der Waals surface area (Å²) in [5.74, 6) is -1.79. The Bertz CT molecular complexity index is 1810. The molecule has 3 saturated carbocycles. The van der Waals surface area contributed by atoms with E-state index in [9.17, 15) is 19.8 Å². The summed E-state index contributed by atoms with van der Waals surface area (Å²) in [6, 6.07) is 30.5. The van der Waals surface area contributed by atoms with Crippen LogP contribution in [0.1, 0.15) is 95.8 Å². The number of carbonyl (C=O) groups is 2. The molecule has 6 nitrogen and oxygen atoms in total. The maximum Gasteiger partial charge on any atom is 0.306 e. The molecule has 0 aromatic heterocycles. The summed E-state index contributed by atoms with van der Waals surface area (Å²) < 4.78 is 13.9. The van der Waals surface area contributed by atoms with Crippen LogP contribution in [0.2, 0.25) is 0 Å². The number of ether oxygens (including phenoxy) is 2. The zero-order chi connectivity index (χ0) is 37.2. The Balaban J connectivity index is 1.20. The van der Waals surface area contributed by atoms with Crippen molar-refractivity contribution in [3.63, 3.8) is 0 Å². The summed E-state index contributed by atoms with van der Waals surface area (Å²) in [6.07, 6.45) is 10.5. The van der Waals surface area contributed by atoms with Gasteiger partial charge in [0.25, 0.3) is 0 Å². The van der Waals surface area contributed by atoms with Gasteiger partial charge < -0.3 is 19.7 Å². The number of aliphatic hydroxyl groups is 2. The van der Waals surface area contributed by atoms with E-state index in [0.717, 1.165) is 28.7 Å². The van der Waals surface area contributed by atoms with Crippen molar-refractivity contribution in [3.05, 3.63) is 131 Å². The maximum atomic E-state index is 14.0. The smallest absolute Gasteiger partial charge is 0.306 e. The third-order valence-electron chi connectivity index (χ3n) is 14.2. The fourth-order valence-corrected chi connectivity index (χ4v) is 11.4. The molecule has 8 rings (SSSR count). The largest absolute Gasteiger partial charge is 0.458 e. The molecule has 0 unspecified atom stereocenters. The van der Waals surface area contributed by atoms with Gasteiger partial charge in [0, 0.05) is 36.0 Å². The van der Waals surface area contributed by atoms with Crippen molar-refractivity contribution in [3.8, 4) is 0 Å². The van der Waals surface area contributed by atoms with Crippen molar-refractivity contribution in [2.75, 3.05) is 6.61 Å². The predicted molar refractivity (Wildman–Crippen MR) is 205 cm³/mol. The molecule has 7 atom stereocenters. The first kappa shape index (κ1) is 36.2. The Morgan fingerprint density at radius 1 is 0.849 bits per heavy atom. The van der Waals surface area contributed by atoms with Crippen LogP contribution in [0.3, 0.4) is 0 Å². The first-order valence-corrected chi connectivity index (χ1v) is 19.8. The molecule has 3 aromatic rings. The zero-order valence-corrected chi connectivity index (χ0v) is 31.6. The molecule has 5 aliphatic carbocycles. The molecule has 0 amide bonds. The molecular weight excluding hydrogens is 661 g/mol. The van der Waals surface area contributed by atoms with Crippen molar-refractivity contribution < 1.29 is 29.3 Å². The molecule has 5 aliphatic rings. The van der Waals surface area contributed by atoms with Gasteiger partial charge in [0.15, 0.2) is 5.78 Å². The van der Waals surface area contributed by atoms with Crippen LogP contribution >= 0.6 is 0 Å². The summed E-state index contributed by atoms with van der Waals surface area (Å²) in [6.45, 7) is 8.13. The van der Waals surface area contributed by atoms with Crippen molar-refractivity contribution in [1.29, 1.82) is 0 Å². The molecule has 6 heteroatoms. The van der Waals surface area contributed by atoms with E-state index < -0.39 is 39.7 Å². The van der Waals surface area contributed by atoms with E-state index in [1.165, 1.54) is 25.7 Å². The second kappa shape index (κ2) is 13.2. The fourth-order valence-electron chi connectivity index (χ4n) is 11.4. The normalized spacial score (nSPS) is 33.2. The van der Waals surface area contributed by atoms with Crippen LogP contribution in [0.4, 0.5) is 0 Å². The van der Waals surface area contributed by atoms with Crippen molar-refractivity contribution in [2.24, 2.45) is 35.0 Å². The van der Waals surface area contributed by atoms with Gasteiger partial charge in [-0.1, -0.05) is 150 Å². The van der Waals surface area contributed by atoms with Crippen molar-refractivity contribution in [2.45, 2.75) is 101 Å². The molecule has 0 heterocycles.